The minimum Gasteiger partial charge on any atom is -0.296 e. The molecule has 0 aliphatic heterocycles. The van der Waals surface area contributed by atoms with Crippen LogP contribution in [0.4, 0.5) is 0 Å². The van der Waals surface area contributed by atoms with Crippen molar-refractivity contribution in [2.75, 3.05) is 0 Å². The van der Waals surface area contributed by atoms with Crippen molar-refractivity contribution < 1.29 is 58.2 Å². The van der Waals surface area contributed by atoms with E-state index in [0.29, 0.717) is 0 Å². The van der Waals surface area contributed by atoms with Crippen LogP contribution in [0.3, 0.4) is 0 Å². The summed E-state index contributed by atoms with van der Waals surface area (Å²) in [5, 5.41) is 0. The summed E-state index contributed by atoms with van der Waals surface area (Å²) in [5.74, 6) is 0. The van der Waals surface area contributed by atoms with Gasteiger partial charge < -0.3 is 0 Å². The van der Waals surface area contributed by atoms with Crippen LogP contribution in [0.15, 0.2) is 48.7 Å². The zero-order chi connectivity index (χ0) is 8.23. The molecule has 1 nitrogen and oxygen atoms in total. The molecular weight excluding hydrogens is 232 g/mol. The molecule has 13 heavy (non-hydrogen) atoms. The van der Waals surface area contributed by atoms with E-state index in [2.05, 4.69) is 11.1 Å². The molecule has 0 spiro atoms. The molecule has 0 atom stereocenters. The van der Waals surface area contributed by atoms with E-state index in [0.717, 1.165) is 11.3 Å². The molecule has 0 saturated heterocycles. The predicted molar refractivity (Wildman–Crippen MR) is 48.5 cm³/mol. The van der Waals surface area contributed by atoms with Gasteiger partial charge in [0.25, 0.3) is 0 Å². The third-order valence-electron chi connectivity index (χ3n) is 1.65. The SMILES string of the molecule is [Rb+].[c-]1cccnc1-c1ccccc1. The summed E-state index contributed by atoms with van der Waals surface area (Å²) in [4.78, 5) is 4.19. The van der Waals surface area contributed by atoms with E-state index < -0.39 is 0 Å². The summed E-state index contributed by atoms with van der Waals surface area (Å²) < 4.78 is 0. The van der Waals surface area contributed by atoms with Crippen LogP contribution in [0.1, 0.15) is 0 Å². The number of nitrogens with zero attached hydrogens (tertiary/aromatic N) is 1. The van der Waals surface area contributed by atoms with Gasteiger partial charge in [0.15, 0.2) is 0 Å². The summed E-state index contributed by atoms with van der Waals surface area (Å²) in [6, 6.07) is 16.9. The average Bonchev–Trinajstić information content (AvgIpc) is 2.21. The van der Waals surface area contributed by atoms with Gasteiger partial charge in [0.05, 0.1) is 0 Å². The number of hydrogen-bond donors (Lipinski definition) is 0. The summed E-state index contributed by atoms with van der Waals surface area (Å²) in [5.41, 5.74) is 2.01. The fourth-order valence-electron chi connectivity index (χ4n) is 1.08. The fourth-order valence-corrected chi connectivity index (χ4v) is 1.08. The van der Waals surface area contributed by atoms with Crippen molar-refractivity contribution in [1.82, 2.24) is 4.98 Å². The minimum absolute atomic E-state index is 0. The van der Waals surface area contributed by atoms with E-state index in [1.807, 2.05) is 42.5 Å². The number of pyridine rings is 1. The maximum absolute atomic E-state index is 4.19. The monoisotopic (exact) mass is 239 g/mol. The first-order valence-corrected chi connectivity index (χ1v) is 3.85. The molecular formula is C11H8NRb. The minimum atomic E-state index is 0. The van der Waals surface area contributed by atoms with E-state index >= 15 is 0 Å². The van der Waals surface area contributed by atoms with Crippen molar-refractivity contribution in [2.24, 2.45) is 0 Å². The van der Waals surface area contributed by atoms with E-state index in [-0.39, 0.29) is 58.2 Å². The van der Waals surface area contributed by atoms with Crippen LogP contribution in [0.5, 0.6) is 0 Å². The van der Waals surface area contributed by atoms with Crippen molar-refractivity contribution in [3.05, 3.63) is 54.7 Å². The van der Waals surface area contributed by atoms with Gasteiger partial charge in [-0.2, -0.15) is 12.1 Å². The molecule has 0 aliphatic carbocycles. The van der Waals surface area contributed by atoms with Crippen molar-refractivity contribution >= 4 is 0 Å². The number of rotatable bonds is 1. The standard InChI is InChI=1S/C11H8N.Rb/c1-2-6-10(7-3-1)11-8-4-5-9-12-11;/h1-7,9H;/q-1;+1. The summed E-state index contributed by atoms with van der Waals surface area (Å²) in [6.45, 7) is 0. The molecule has 0 radical (unpaired) electrons. The van der Waals surface area contributed by atoms with Gasteiger partial charge in [0.1, 0.15) is 0 Å². The van der Waals surface area contributed by atoms with Gasteiger partial charge >= 0.3 is 58.2 Å². The van der Waals surface area contributed by atoms with Gasteiger partial charge in [-0.1, -0.05) is 23.8 Å². The smallest absolute Gasteiger partial charge is 0.296 e. The fraction of sp³-hybridized carbons (Fsp3) is 0. The molecule has 2 rings (SSSR count). The summed E-state index contributed by atoms with van der Waals surface area (Å²) >= 11 is 0. The molecule has 2 heteroatoms. The topological polar surface area (TPSA) is 12.9 Å². The molecule has 0 N–H and O–H groups in total. The van der Waals surface area contributed by atoms with E-state index in [9.17, 15) is 0 Å². The van der Waals surface area contributed by atoms with E-state index in [4.69, 9.17) is 0 Å². The Bertz CT molecular complexity index is 307. The Hall–Kier alpha value is 0.175. The molecule has 0 aliphatic rings. The van der Waals surface area contributed by atoms with Gasteiger partial charge in [0.2, 0.25) is 0 Å². The molecule has 0 bridgehead atoms. The Balaban J connectivity index is 0.000000845. The zero-order valence-corrected chi connectivity index (χ0v) is 12.5. The van der Waals surface area contributed by atoms with Gasteiger partial charge in [-0.3, -0.25) is 4.98 Å². The number of aromatic nitrogens is 1. The average molecular weight is 240 g/mol. The summed E-state index contributed by atoms with van der Waals surface area (Å²) in [7, 11) is 0. The zero-order valence-electron chi connectivity index (χ0n) is 7.57. The molecule has 1 heterocycles. The maximum Gasteiger partial charge on any atom is 1.00 e. The second-order valence-corrected chi connectivity index (χ2v) is 2.50. The third-order valence-corrected chi connectivity index (χ3v) is 1.65. The first kappa shape index (κ1) is 11.3. The van der Waals surface area contributed by atoms with Crippen molar-refractivity contribution in [2.45, 2.75) is 0 Å². The van der Waals surface area contributed by atoms with Gasteiger partial charge in [-0.05, 0) is 11.9 Å². The Morgan fingerprint density at radius 1 is 1.00 bits per heavy atom. The maximum atomic E-state index is 4.19. The molecule has 0 fully saturated rings. The third kappa shape index (κ3) is 3.10. The second-order valence-electron chi connectivity index (χ2n) is 2.50. The summed E-state index contributed by atoms with van der Waals surface area (Å²) in [6.07, 6.45) is 1.78. The van der Waals surface area contributed by atoms with Crippen molar-refractivity contribution in [3.63, 3.8) is 0 Å². The first-order valence-electron chi connectivity index (χ1n) is 3.85. The normalized spacial score (nSPS) is 8.92. The quantitative estimate of drug-likeness (QED) is 0.615. The van der Waals surface area contributed by atoms with Crippen molar-refractivity contribution in [1.29, 1.82) is 0 Å². The molecule has 2 aromatic rings. The molecule has 1 aromatic heterocycles. The van der Waals surface area contributed by atoms with Gasteiger partial charge in [0, 0.05) is 0 Å². The van der Waals surface area contributed by atoms with Crippen LogP contribution in [0.2, 0.25) is 0 Å². The van der Waals surface area contributed by atoms with Gasteiger partial charge in [-0.25, -0.2) is 0 Å². The Kier molecular flexibility index (Phi) is 5.03. The molecule has 0 unspecified atom stereocenters. The Labute approximate surface area is 127 Å². The van der Waals surface area contributed by atoms with Crippen LogP contribution in [-0.4, -0.2) is 4.98 Å². The molecule has 58 valence electrons. The Morgan fingerprint density at radius 2 is 1.77 bits per heavy atom. The predicted octanol–water partition coefficient (Wildman–Crippen LogP) is -0.447. The van der Waals surface area contributed by atoms with Crippen LogP contribution in [-0.2, 0) is 0 Å². The van der Waals surface area contributed by atoms with Crippen LogP contribution >= 0.6 is 0 Å². The Morgan fingerprint density at radius 3 is 2.38 bits per heavy atom. The molecule has 1 aromatic carbocycles. The van der Waals surface area contributed by atoms with Crippen molar-refractivity contribution in [3.8, 4) is 11.3 Å². The molecule has 0 saturated carbocycles. The van der Waals surface area contributed by atoms with E-state index in [1.54, 1.807) is 6.20 Å². The number of benzene rings is 1. The van der Waals surface area contributed by atoms with E-state index in [1.165, 1.54) is 0 Å². The molecule has 0 amide bonds. The van der Waals surface area contributed by atoms with Gasteiger partial charge in [-0.15, -0.1) is 18.2 Å². The first-order chi connectivity index (χ1) is 5.97. The second kappa shape index (κ2) is 5.81. The largest absolute Gasteiger partial charge is 1.00 e. The number of hydrogen-bond acceptors (Lipinski definition) is 1. The van der Waals surface area contributed by atoms with Crippen LogP contribution in [0.25, 0.3) is 11.3 Å². The van der Waals surface area contributed by atoms with Crippen LogP contribution < -0.4 is 58.2 Å². The van der Waals surface area contributed by atoms with Crippen LogP contribution in [0, 0.1) is 6.07 Å².